The summed E-state index contributed by atoms with van der Waals surface area (Å²) in [7, 11) is 0. The Morgan fingerprint density at radius 3 is 2.72 bits per heavy atom. The Balaban J connectivity index is 2.48. The number of aryl methyl sites for hydroxylation is 2. The zero-order chi connectivity index (χ0) is 13.4. The molecule has 1 atom stereocenters. The average molecular weight is 245 g/mol. The van der Waals surface area contributed by atoms with Gasteiger partial charge in [-0.05, 0) is 44.7 Å². The maximum atomic E-state index is 4.12. The normalized spacial score (nSPS) is 12.4. The molecule has 0 saturated carbocycles. The topological polar surface area (TPSA) is 12.0 Å². The molecule has 0 aliphatic rings. The van der Waals surface area contributed by atoms with Gasteiger partial charge in [-0.1, -0.05) is 55.8 Å². The highest BCUT2D eigenvalue weighted by Crippen LogP contribution is 2.13. The molecule has 1 N–H and O–H groups in total. The van der Waals surface area contributed by atoms with Crippen LogP contribution in [0.3, 0.4) is 0 Å². The number of hydrogen-bond donors (Lipinski definition) is 1. The molecule has 1 heteroatoms. The fourth-order valence-corrected chi connectivity index (χ4v) is 2.27. The molecule has 0 saturated heterocycles. The fourth-order valence-electron chi connectivity index (χ4n) is 2.27. The van der Waals surface area contributed by atoms with Gasteiger partial charge in [0.2, 0.25) is 0 Å². The molecule has 100 valence electrons. The zero-order valence-corrected chi connectivity index (χ0v) is 12.1. The summed E-state index contributed by atoms with van der Waals surface area (Å²) >= 11 is 0. The van der Waals surface area contributed by atoms with Crippen LogP contribution in [0.15, 0.2) is 36.4 Å². The second-order valence-electron chi connectivity index (χ2n) is 5.09. The van der Waals surface area contributed by atoms with Crippen molar-refractivity contribution in [1.82, 2.24) is 5.32 Å². The van der Waals surface area contributed by atoms with E-state index in [1.807, 2.05) is 0 Å². The van der Waals surface area contributed by atoms with Crippen LogP contribution < -0.4 is 5.32 Å². The highest BCUT2D eigenvalue weighted by atomic mass is 14.9. The van der Waals surface area contributed by atoms with Crippen molar-refractivity contribution in [3.63, 3.8) is 0 Å². The summed E-state index contributed by atoms with van der Waals surface area (Å²) in [5, 5.41) is 3.57. The van der Waals surface area contributed by atoms with Crippen molar-refractivity contribution in [2.75, 3.05) is 6.54 Å². The maximum Gasteiger partial charge on any atom is 0.0107 e. The van der Waals surface area contributed by atoms with Crippen molar-refractivity contribution in [3.8, 4) is 0 Å². The zero-order valence-electron chi connectivity index (χ0n) is 12.1. The van der Waals surface area contributed by atoms with Crippen LogP contribution in [0, 0.1) is 6.92 Å². The molecule has 0 spiro atoms. The van der Waals surface area contributed by atoms with E-state index in [1.54, 1.807) is 0 Å². The molecule has 0 radical (unpaired) electrons. The smallest absolute Gasteiger partial charge is 0.0107 e. The van der Waals surface area contributed by atoms with Crippen LogP contribution >= 0.6 is 0 Å². The summed E-state index contributed by atoms with van der Waals surface area (Å²) < 4.78 is 0. The molecular weight excluding hydrogens is 218 g/mol. The molecule has 0 aliphatic heterocycles. The van der Waals surface area contributed by atoms with E-state index in [0.717, 1.165) is 25.8 Å². The SMILES string of the molecule is C=C(CC)CC(CCc1cccc(C)c1)NCC. The third kappa shape index (κ3) is 5.50. The first-order valence-corrected chi connectivity index (χ1v) is 7.11. The summed E-state index contributed by atoms with van der Waals surface area (Å²) in [5.41, 5.74) is 4.15. The molecule has 1 unspecified atom stereocenters. The van der Waals surface area contributed by atoms with E-state index in [4.69, 9.17) is 0 Å². The van der Waals surface area contributed by atoms with E-state index in [2.05, 4.69) is 56.9 Å². The van der Waals surface area contributed by atoms with E-state index in [0.29, 0.717) is 6.04 Å². The number of hydrogen-bond acceptors (Lipinski definition) is 1. The third-order valence-electron chi connectivity index (χ3n) is 3.39. The predicted octanol–water partition coefficient (Wildman–Crippen LogP) is 4.26. The molecule has 1 nitrogen and oxygen atoms in total. The molecule has 0 fully saturated rings. The van der Waals surface area contributed by atoms with Crippen molar-refractivity contribution in [2.24, 2.45) is 0 Å². The first kappa shape index (κ1) is 15.0. The van der Waals surface area contributed by atoms with Gasteiger partial charge in [0, 0.05) is 6.04 Å². The Hall–Kier alpha value is -1.08. The summed E-state index contributed by atoms with van der Waals surface area (Å²) in [6.45, 7) is 11.7. The van der Waals surface area contributed by atoms with E-state index < -0.39 is 0 Å². The molecule has 1 rings (SSSR count). The van der Waals surface area contributed by atoms with Crippen molar-refractivity contribution in [2.45, 2.75) is 52.5 Å². The lowest BCUT2D eigenvalue weighted by molar-refractivity contribution is 0.486. The molecule has 18 heavy (non-hydrogen) atoms. The van der Waals surface area contributed by atoms with Crippen LogP contribution in [-0.4, -0.2) is 12.6 Å². The number of nitrogens with one attached hydrogen (secondary N) is 1. The van der Waals surface area contributed by atoms with Crippen LogP contribution in [0.25, 0.3) is 0 Å². The van der Waals surface area contributed by atoms with Crippen LogP contribution in [-0.2, 0) is 6.42 Å². The second kappa shape index (κ2) is 8.10. The monoisotopic (exact) mass is 245 g/mol. The minimum absolute atomic E-state index is 0.572. The van der Waals surface area contributed by atoms with Crippen molar-refractivity contribution in [3.05, 3.63) is 47.5 Å². The van der Waals surface area contributed by atoms with Gasteiger partial charge in [0.1, 0.15) is 0 Å². The second-order valence-corrected chi connectivity index (χ2v) is 5.09. The van der Waals surface area contributed by atoms with Crippen LogP contribution in [0.1, 0.15) is 44.2 Å². The molecule has 1 aromatic carbocycles. The predicted molar refractivity (Wildman–Crippen MR) is 81.0 cm³/mol. The van der Waals surface area contributed by atoms with Gasteiger partial charge in [-0.25, -0.2) is 0 Å². The maximum absolute atomic E-state index is 4.12. The summed E-state index contributed by atoms with van der Waals surface area (Å²) in [6, 6.07) is 9.40. The summed E-state index contributed by atoms with van der Waals surface area (Å²) in [5.74, 6) is 0. The Bertz CT molecular complexity index is 368. The molecule has 0 aromatic heterocycles. The Morgan fingerprint density at radius 1 is 1.33 bits per heavy atom. The van der Waals surface area contributed by atoms with Gasteiger partial charge in [0.25, 0.3) is 0 Å². The quantitative estimate of drug-likeness (QED) is 0.675. The number of rotatable bonds is 8. The average Bonchev–Trinajstić information content (AvgIpc) is 2.36. The lowest BCUT2D eigenvalue weighted by Crippen LogP contribution is -2.29. The Labute approximate surface area is 112 Å². The van der Waals surface area contributed by atoms with Gasteiger partial charge in [0.05, 0.1) is 0 Å². The highest BCUT2D eigenvalue weighted by molar-refractivity contribution is 5.22. The van der Waals surface area contributed by atoms with E-state index in [-0.39, 0.29) is 0 Å². The minimum Gasteiger partial charge on any atom is -0.314 e. The molecule has 0 heterocycles. The van der Waals surface area contributed by atoms with E-state index in [9.17, 15) is 0 Å². The molecular formula is C17H27N. The molecule has 0 aliphatic carbocycles. The van der Waals surface area contributed by atoms with Crippen LogP contribution in [0.5, 0.6) is 0 Å². The van der Waals surface area contributed by atoms with Gasteiger partial charge >= 0.3 is 0 Å². The lowest BCUT2D eigenvalue weighted by atomic mass is 9.98. The molecule has 1 aromatic rings. The lowest BCUT2D eigenvalue weighted by Gasteiger charge is -2.18. The standard InChI is InChI=1S/C17H27N/c1-5-14(3)13-17(18-6-2)11-10-16-9-7-8-15(4)12-16/h7-9,12,17-18H,3,5-6,10-11,13H2,1-2,4H3. The Morgan fingerprint density at radius 2 is 2.11 bits per heavy atom. The molecule has 0 amide bonds. The van der Waals surface area contributed by atoms with Crippen LogP contribution in [0.4, 0.5) is 0 Å². The van der Waals surface area contributed by atoms with E-state index in [1.165, 1.54) is 23.1 Å². The summed E-state index contributed by atoms with van der Waals surface area (Å²) in [6.07, 6.45) is 4.54. The van der Waals surface area contributed by atoms with Crippen molar-refractivity contribution in [1.29, 1.82) is 0 Å². The van der Waals surface area contributed by atoms with Crippen LogP contribution in [0.2, 0.25) is 0 Å². The fraction of sp³-hybridized carbons (Fsp3) is 0.529. The minimum atomic E-state index is 0.572. The van der Waals surface area contributed by atoms with E-state index >= 15 is 0 Å². The van der Waals surface area contributed by atoms with Crippen molar-refractivity contribution >= 4 is 0 Å². The van der Waals surface area contributed by atoms with Gasteiger partial charge in [-0.2, -0.15) is 0 Å². The largest absolute Gasteiger partial charge is 0.314 e. The van der Waals surface area contributed by atoms with Gasteiger partial charge < -0.3 is 5.32 Å². The molecule has 0 bridgehead atoms. The van der Waals surface area contributed by atoms with Gasteiger partial charge in [-0.3, -0.25) is 0 Å². The van der Waals surface area contributed by atoms with Gasteiger partial charge in [-0.15, -0.1) is 0 Å². The Kier molecular flexibility index (Phi) is 6.74. The number of benzene rings is 1. The third-order valence-corrected chi connectivity index (χ3v) is 3.39. The summed E-state index contributed by atoms with van der Waals surface area (Å²) in [4.78, 5) is 0. The first-order chi connectivity index (χ1) is 8.65. The first-order valence-electron chi connectivity index (χ1n) is 7.11. The van der Waals surface area contributed by atoms with Crippen molar-refractivity contribution < 1.29 is 0 Å². The van der Waals surface area contributed by atoms with Gasteiger partial charge in [0.15, 0.2) is 0 Å². The highest BCUT2D eigenvalue weighted by Gasteiger charge is 2.08.